The van der Waals surface area contributed by atoms with Crippen LogP contribution in [0.3, 0.4) is 0 Å². The normalized spacial score (nSPS) is 14.2. The third-order valence-electron chi connectivity index (χ3n) is 5.52. The minimum Gasteiger partial charge on any atom is -0.467 e. The highest BCUT2D eigenvalue weighted by Gasteiger charge is 2.23. The lowest BCUT2D eigenvalue weighted by Gasteiger charge is -2.29. The first-order valence-corrected chi connectivity index (χ1v) is 11.2. The van der Waals surface area contributed by atoms with E-state index in [-0.39, 0.29) is 43.9 Å². The van der Waals surface area contributed by atoms with E-state index in [4.69, 9.17) is 13.9 Å². The van der Waals surface area contributed by atoms with Crippen LogP contribution in [-0.4, -0.2) is 86.2 Å². The molecule has 9 heteroatoms. The molecule has 0 saturated carbocycles. The SMILES string of the molecule is COCC(=O)N(CCCN1CCOCC1)CC(=O)N(Cc1ccc(F)cc1)Cc1ccco1. The fourth-order valence-electron chi connectivity index (χ4n) is 3.71. The number of hydrogen-bond acceptors (Lipinski definition) is 6. The van der Waals surface area contributed by atoms with Gasteiger partial charge >= 0.3 is 0 Å². The predicted molar refractivity (Wildman–Crippen MR) is 120 cm³/mol. The molecule has 3 rings (SSSR count). The first kappa shape index (κ1) is 24.9. The maximum absolute atomic E-state index is 13.3. The predicted octanol–water partition coefficient (Wildman–Crippen LogP) is 2.14. The molecule has 1 aliphatic heterocycles. The second kappa shape index (κ2) is 13.1. The van der Waals surface area contributed by atoms with Crippen LogP contribution in [0.4, 0.5) is 4.39 Å². The summed E-state index contributed by atoms with van der Waals surface area (Å²) in [5, 5.41) is 0. The molecule has 2 amide bonds. The molecule has 0 aliphatic carbocycles. The smallest absolute Gasteiger partial charge is 0.249 e. The number of halogens is 1. The number of benzene rings is 1. The van der Waals surface area contributed by atoms with Gasteiger partial charge in [-0.1, -0.05) is 12.1 Å². The molecule has 0 spiro atoms. The number of ether oxygens (including phenoxy) is 2. The molecule has 0 bridgehead atoms. The number of carbonyl (C=O) groups excluding carboxylic acids is 2. The summed E-state index contributed by atoms with van der Waals surface area (Å²) in [6.07, 6.45) is 2.30. The molecule has 1 fully saturated rings. The van der Waals surface area contributed by atoms with Gasteiger partial charge in [-0.3, -0.25) is 14.5 Å². The second-order valence-corrected chi connectivity index (χ2v) is 8.01. The topological polar surface area (TPSA) is 75.5 Å². The van der Waals surface area contributed by atoms with Gasteiger partial charge in [0, 0.05) is 39.8 Å². The summed E-state index contributed by atoms with van der Waals surface area (Å²) in [5.74, 6) is -0.147. The zero-order chi connectivity index (χ0) is 23.5. The largest absolute Gasteiger partial charge is 0.467 e. The van der Waals surface area contributed by atoms with E-state index < -0.39 is 0 Å². The van der Waals surface area contributed by atoms with Crippen molar-refractivity contribution in [3.63, 3.8) is 0 Å². The van der Waals surface area contributed by atoms with E-state index in [0.717, 1.165) is 44.8 Å². The van der Waals surface area contributed by atoms with Crippen LogP contribution in [-0.2, 0) is 32.2 Å². The summed E-state index contributed by atoms with van der Waals surface area (Å²) < 4.78 is 29.1. The van der Waals surface area contributed by atoms with Crippen LogP contribution < -0.4 is 0 Å². The van der Waals surface area contributed by atoms with Gasteiger partial charge in [0.05, 0.1) is 32.6 Å². The van der Waals surface area contributed by atoms with Crippen LogP contribution in [0.25, 0.3) is 0 Å². The van der Waals surface area contributed by atoms with Crippen molar-refractivity contribution in [3.05, 3.63) is 59.8 Å². The molecule has 0 unspecified atom stereocenters. The zero-order valence-corrected chi connectivity index (χ0v) is 19.1. The van der Waals surface area contributed by atoms with Gasteiger partial charge in [-0.25, -0.2) is 4.39 Å². The summed E-state index contributed by atoms with van der Waals surface area (Å²) in [6.45, 7) is 4.86. The molecule has 0 atom stereocenters. The molecule has 8 nitrogen and oxygen atoms in total. The number of carbonyl (C=O) groups is 2. The second-order valence-electron chi connectivity index (χ2n) is 8.01. The fourth-order valence-corrected chi connectivity index (χ4v) is 3.71. The Balaban J connectivity index is 1.64. The maximum Gasteiger partial charge on any atom is 0.249 e. The molecule has 2 heterocycles. The summed E-state index contributed by atoms with van der Waals surface area (Å²) in [4.78, 5) is 31.4. The van der Waals surface area contributed by atoms with Crippen LogP contribution in [0.2, 0.25) is 0 Å². The van der Waals surface area contributed by atoms with Gasteiger partial charge < -0.3 is 23.7 Å². The molecule has 180 valence electrons. The van der Waals surface area contributed by atoms with Crippen molar-refractivity contribution in [2.75, 3.05) is 59.7 Å². The molecule has 1 aliphatic rings. The molecule has 0 N–H and O–H groups in total. The van der Waals surface area contributed by atoms with Crippen LogP contribution in [0, 0.1) is 5.82 Å². The number of amides is 2. The first-order chi connectivity index (χ1) is 16.0. The van der Waals surface area contributed by atoms with Crippen molar-refractivity contribution < 1.29 is 27.9 Å². The number of morpholine rings is 1. The standard InChI is InChI=1S/C24H32FN3O5/c1-31-19-24(30)27(10-3-9-26-11-14-32-15-12-26)18-23(29)28(17-22-4-2-13-33-22)16-20-5-7-21(25)8-6-20/h2,4-8,13H,3,9-12,14-19H2,1H3. The average Bonchev–Trinajstić information content (AvgIpc) is 3.33. The first-order valence-electron chi connectivity index (χ1n) is 11.2. The quantitative estimate of drug-likeness (QED) is 0.482. The highest BCUT2D eigenvalue weighted by molar-refractivity contribution is 5.85. The van der Waals surface area contributed by atoms with E-state index in [1.165, 1.54) is 19.2 Å². The third-order valence-corrected chi connectivity index (χ3v) is 5.52. The zero-order valence-electron chi connectivity index (χ0n) is 19.1. The number of nitrogens with zero attached hydrogens (tertiary/aromatic N) is 3. The van der Waals surface area contributed by atoms with Crippen molar-refractivity contribution in [1.29, 1.82) is 0 Å². The Morgan fingerprint density at radius 1 is 1.06 bits per heavy atom. The molecule has 1 saturated heterocycles. The van der Waals surface area contributed by atoms with E-state index in [9.17, 15) is 14.0 Å². The van der Waals surface area contributed by atoms with E-state index in [2.05, 4.69) is 4.90 Å². The lowest BCUT2D eigenvalue weighted by atomic mass is 10.2. The highest BCUT2D eigenvalue weighted by atomic mass is 19.1. The van der Waals surface area contributed by atoms with Crippen molar-refractivity contribution in [1.82, 2.24) is 14.7 Å². The van der Waals surface area contributed by atoms with Crippen LogP contribution >= 0.6 is 0 Å². The minimum absolute atomic E-state index is 0.0623. The molecule has 2 aromatic rings. The van der Waals surface area contributed by atoms with Crippen molar-refractivity contribution in [2.45, 2.75) is 19.5 Å². The molecular formula is C24H32FN3O5. The summed E-state index contributed by atoms with van der Waals surface area (Å²) in [7, 11) is 1.46. The van der Waals surface area contributed by atoms with Crippen LogP contribution in [0.5, 0.6) is 0 Å². The third kappa shape index (κ3) is 8.27. The fraction of sp³-hybridized carbons (Fsp3) is 0.500. The summed E-state index contributed by atoms with van der Waals surface area (Å²) >= 11 is 0. The van der Waals surface area contributed by atoms with Gasteiger partial charge in [0.2, 0.25) is 11.8 Å². The van der Waals surface area contributed by atoms with Gasteiger partial charge in [-0.05, 0) is 36.2 Å². The van der Waals surface area contributed by atoms with E-state index in [0.29, 0.717) is 12.3 Å². The summed E-state index contributed by atoms with van der Waals surface area (Å²) in [5.41, 5.74) is 0.790. The van der Waals surface area contributed by atoms with Gasteiger partial charge in [0.25, 0.3) is 0 Å². The Bertz CT molecular complexity index is 853. The Labute approximate surface area is 193 Å². The van der Waals surface area contributed by atoms with Crippen molar-refractivity contribution in [2.24, 2.45) is 0 Å². The Morgan fingerprint density at radius 2 is 1.82 bits per heavy atom. The number of rotatable bonds is 12. The lowest BCUT2D eigenvalue weighted by Crippen LogP contribution is -2.45. The van der Waals surface area contributed by atoms with Crippen LogP contribution in [0.15, 0.2) is 47.1 Å². The van der Waals surface area contributed by atoms with E-state index in [1.54, 1.807) is 40.3 Å². The van der Waals surface area contributed by atoms with E-state index >= 15 is 0 Å². The van der Waals surface area contributed by atoms with E-state index in [1.807, 2.05) is 0 Å². The van der Waals surface area contributed by atoms with Gasteiger partial charge in [-0.2, -0.15) is 0 Å². The molecule has 1 aromatic heterocycles. The van der Waals surface area contributed by atoms with Crippen LogP contribution in [0.1, 0.15) is 17.7 Å². The Morgan fingerprint density at radius 3 is 2.48 bits per heavy atom. The minimum atomic E-state index is -0.334. The van der Waals surface area contributed by atoms with Crippen molar-refractivity contribution >= 4 is 11.8 Å². The lowest BCUT2D eigenvalue weighted by molar-refractivity contribution is -0.143. The van der Waals surface area contributed by atoms with Gasteiger partial charge in [0.1, 0.15) is 18.2 Å². The number of furan rings is 1. The Kier molecular flexibility index (Phi) is 9.86. The van der Waals surface area contributed by atoms with Crippen molar-refractivity contribution in [3.8, 4) is 0 Å². The van der Waals surface area contributed by atoms with Gasteiger partial charge in [0.15, 0.2) is 0 Å². The highest BCUT2D eigenvalue weighted by Crippen LogP contribution is 2.13. The molecule has 1 aromatic carbocycles. The number of methoxy groups -OCH3 is 1. The average molecular weight is 462 g/mol. The summed E-state index contributed by atoms with van der Waals surface area (Å²) in [6, 6.07) is 9.58. The number of hydrogen-bond donors (Lipinski definition) is 0. The molecule has 0 radical (unpaired) electrons. The maximum atomic E-state index is 13.3. The Hall–Kier alpha value is -2.75. The molecule has 33 heavy (non-hydrogen) atoms. The molecular weight excluding hydrogens is 429 g/mol. The monoisotopic (exact) mass is 461 g/mol. The van der Waals surface area contributed by atoms with Gasteiger partial charge in [-0.15, -0.1) is 0 Å².